The molecule has 2 amide bonds. The molecule has 1 aliphatic rings. The normalized spacial score (nSPS) is 14.7. The number of amides is 2. The van der Waals surface area contributed by atoms with Gasteiger partial charge in [0, 0.05) is 6.42 Å². The summed E-state index contributed by atoms with van der Waals surface area (Å²) in [7, 11) is 0. The lowest BCUT2D eigenvalue weighted by Crippen LogP contribution is -2.35. The number of esters is 1. The second kappa shape index (κ2) is 10.6. The van der Waals surface area contributed by atoms with E-state index in [1.807, 2.05) is 30.3 Å². The van der Waals surface area contributed by atoms with E-state index in [0.717, 1.165) is 24.3 Å². The molecule has 25 heavy (non-hydrogen) atoms. The van der Waals surface area contributed by atoms with Gasteiger partial charge in [-0.15, -0.1) is 0 Å². The summed E-state index contributed by atoms with van der Waals surface area (Å²) in [6.07, 6.45) is 8.77. The molecule has 2 rings (SSSR count). The zero-order valence-corrected chi connectivity index (χ0v) is 14.7. The van der Waals surface area contributed by atoms with Crippen molar-refractivity contribution in [3.05, 3.63) is 35.9 Å². The minimum Gasteiger partial charge on any atom is -0.456 e. The van der Waals surface area contributed by atoms with Crippen molar-refractivity contribution in [2.45, 2.75) is 57.8 Å². The Morgan fingerprint density at radius 3 is 2.44 bits per heavy atom. The fourth-order valence-electron chi connectivity index (χ4n) is 3.25. The van der Waals surface area contributed by atoms with Crippen LogP contribution in [0.25, 0.3) is 0 Å². The maximum atomic E-state index is 11.7. The van der Waals surface area contributed by atoms with Crippen LogP contribution in [0.15, 0.2) is 30.3 Å². The Bertz CT molecular complexity index is 564. The van der Waals surface area contributed by atoms with Gasteiger partial charge in [0.05, 0.1) is 6.42 Å². The smallest absolute Gasteiger partial charge is 0.306 e. The molecule has 0 unspecified atom stereocenters. The molecule has 0 spiro atoms. The van der Waals surface area contributed by atoms with Crippen LogP contribution in [0.3, 0.4) is 0 Å². The van der Waals surface area contributed by atoms with E-state index in [0.29, 0.717) is 6.42 Å². The van der Waals surface area contributed by atoms with Gasteiger partial charge < -0.3 is 4.74 Å². The summed E-state index contributed by atoms with van der Waals surface area (Å²) >= 11 is 0. The van der Waals surface area contributed by atoms with Crippen LogP contribution in [-0.4, -0.2) is 24.4 Å². The van der Waals surface area contributed by atoms with Crippen LogP contribution < -0.4 is 5.32 Å². The summed E-state index contributed by atoms with van der Waals surface area (Å²) in [6.45, 7) is -0.400. The lowest BCUT2D eigenvalue weighted by atomic mass is 9.86. The van der Waals surface area contributed by atoms with E-state index in [9.17, 15) is 14.4 Å². The highest BCUT2D eigenvalue weighted by atomic mass is 16.5. The third kappa shape index (κ3) is 7.96. The van der Waals surface area contributed by atoms with Crippen LogP contribution in [0.4, 0.5) is 0 Å². The summed E-state index contributed by atoms with van der Waals surface area (Å²) in [4.78, 5) is 35.1. The first kappa shape index (κ1) is 19.2. The van der Waals surface area contributed by atoms with Crippen LogP contribution in [-0.2, 0) is 25.5 Å². The number of hydrogen-bond donors (Lipinski definition) is 1. The molecule has 1 N–H and O–H groups in total. The number of benzene rings is 1. The summed E-state index contributed by atoms with van der Waals surface area (Å²) in [5.74, 6) is -0.618. The molecular formula is C20H27NO4. The quantitative estimate of drug-likeness (QED) is 0.735. The fraction of sp³-hybridized carbons (Fsp3) is 0.550. The van der Waals surface area contributed by atoms with Crippen molar-refractivity contribution in [2.24, 2.45) is 5.92 Å². The van der Waals surface area contributed by atoms with Crippen LogP contribution >= 0.6 is 0 Å². The van der Waals surface area contributed by atoms with Gasteiger partial charge in [-0.1, -0.05) is 62.4 Å². The molecule has 136 valence electrons. The maximum absolute atomic E-state index is 11.7. The second-order valence-electron chi connectivity index (χ2n) is 6.69. The summed E-state index contributed by atoms with van der Waals surface area (Å²) in [5.41, 5.74) is 0.826. The Balaban J connectivity index is 1.55. The highest BCUT2D eigenvalue weighted by Crippen LogP contribution is 2.27. The number of ether oxygens (including phenoxy) is 1. The van der Waals surface area contributed by atoms with Crippen LogP contribution in [0.1, 0.15) is 56.9 Å². The van der Waals surface area contributed by atoms with Crippen LogP contribution in [0.5, 0.6) is 0 Å². The molecule has 5 heteroatoms. The van der Waals surface area contributed by atoms with Crippen molar-refractivity contribution >= 4 is 17.8 Å². The Morgan fingerprint density at radius 1 is 1.00 bits per heavy atom. The van der Waals surface area contributed by atoms with E-state index < -0.39 is 18.4 Å². The molecule has 0 atom stereocenters. The van der Waals surface area contributed by atoms with E-state index in [-0.39, 0.29) is 12.4 Å². The van der Waals surface area contributed by atoms with E-state index in [2.05, 4.69) is 5.32 Å². The van der Waals surface area contributed by atoms with E-state index >= 15 is 0 Å². The Labute approximate surface area is 149 Å². The number of carbonyl (C=O) groups is 3. The highest BCUT2D eigenvalue weighted by molar-refractivity contribution is 5.97. The third-order valence-corrected chi connectivity index (χ3v) is 4.57. The minimum atomic E-state index is -0.582. The van der Waals surface area contributed by atoms with E-state index in [4.69, 9.17) is 4.74 Å². The Morgan fingerprint density at radius 2 is 1.72 bits per heavy atom. The van der Waals surface area contributed by atoms with Gasteiger partial charge in [0.15, 0.2) is 6.61 Å². The highest BCUT2D eigenvalue weighted by Gasteiger charge is 2.15. The Hall–Kier alpha value is -2.17. The molecule has 1 aliphatic carbocycles. The van der Waals surface area contributed by atoms with Crippen molar-refractivity contribution in [2.75, 3.05) is 6.61 Å². The molecular weight excluding hydrogens is 318 g/mol. The van der Waals surface area contributed by atoms with Gasteiger partial charge in [-0.3, -0.25) is 19.7 Å². The third-order valence-electron chi connectivity index (χ3n) is 4.57. The molecule has 0 aromatic heterocycles. The zero-order valence-electron chi connectivity index (χ0n) is 14.7. The first-order chi connectivity index (χ1) is 12.1. The molecule has 0 saturated heterocycles. The molecule has 0 heterocycles. The van der Waals surface area contributed by atoms with Gasteiger partial charge in [0.25, 0.3) is 5.91 Å². The molecule has 1 fully saturated rings. The number of carbonyl (C=O) groups excluding carboxylic acids is 3. The standard InChI is InChI=1S/C20H27NO4/c22-18(14-17-10-5-2-6-11-17)21-19(23)15-25-20(24)13-7-12-16-8-3-1-4-9-16/h2,5-6,10-11,16H,1,3-4,7-9,12-15H2,(H,21,22,23). The fourth-order valence-corrected chi connectivity index (χ4v) is 3.25. The molecule has 0 bridgehead atoms. The van der Waals surface area contributed by atoms with Gasteiger partial charge in [-0.2, -0.15) is 0 Å². The predicted molar refractivity (Wildman–Crippen MR) is 94.7 cm³/mol. The monoisotopic (exact) mass is 345 g/mol. The van der Waals surface area contributed by atoms with Crippen LogP contribution in [0, 0.1) is 5.92 Å². The summed E-state index contributed by atoms with van der Waals surface area (Å²) in [6, 6.07) is 9.16. The molecule has 1 aromatic rings. The summed E-state index contributed by atoms with van der Waals surface area (Å²) in [5, 5.41) is 2.24. The molecule has 5 nitrogen and oxygen atoms in total. The number of nitrogens with one attached hydrogen (secondary N) is 1. The van der Waals surface area contributed by atoms with E-state index in [1.54, 1.807) is 0 Å². The van der Waals surface area contributed by atoms with Gasteiger partial charge >= 0.3 is 5.97 Å². The van der Waals surface area contributed by atoms with Crippen molar-refractivity contribution < 1.29 is 19.1 Å². The molecule has 1 saturated carbocycles. The SMILES string of the molecule is O=C(COC(=O)CCCC1CCCCC1)NC(=O)Cc1ccccc1. The first-order valence-electron chi connectivity index (χ1n) is 9.15. The number of imide groups is 1. The van der Waals surface area contributed by atoms with Crippen molar-refractivity contribution in [3.8, 4) is 0 Å². The lowest BCUT2D eigenvalue weighted by molar-refractivity contribution is -0.149. The molecule has 0 radical (unpaired) electrons. The second-order valence-corrected chi connectivity index (χ2v) is 6.69. The Kier molecular flexibility index (Phi) is 8.16. The minimum absolute atomic E-state index is 0.127. The van der Waals surface area contributed by atoms with Crippen molar-refractivity contribution in [1.82, 2.24) is 5.32 Å². The van der Waals surface area contributed by atoms with Gasteiger partial charge in [-0.25, -0.2) is 0 Å². The maximum Gasteiger partial charge on any atom is 0.306 e. The van der Waals surface area contributed by atoms with Crippen molar-refractivity contribution in [3.63, 3.8) is 0 Å². The molecule has 0 aliphatic heterocycles. The van der Waals surface area contributed by atoms with Gasteiger partial charge in [0.2, 0.25) is 5.91 Å². The van der Waals surface area contributed by atoms with Crippen molar-refractivity contribution in [1.29, 1.82) is 0 Å². The topological polar surface area (TPSA) is 72.5 Å². The largest absolute Gasteiger partial charge is 0.456 e. The number of hydrogen-bond acceptors (Lipinski definition) is 4. The average Bonchev–Trinajstić information content (AvgIpc) is 2.61. The zero-order chi connectivity index (χ0) is 17.9. The predicted octanol–water partition coefficient (Wildman–Crippen LogP) is 3.17. The summed E-state index contributed by atoms with van der Waals surface area (Å²) < 4.78 is 4.94. The van der Waals surface area contributed by atoms with Gasteiger partial charge in [0.1, 0.15) is 0 Å². The number of rotatable bonds is 8. The average molecular weight is 345 g/mol. The van der Waals surface area contributed by atoms with Gasteiger partial charge in [-0.05, 0) is 24.3 Å². The van der Waals surface area contributed by atoms with E-state index in [1.165, 1.54) is 32.1 Å². The molecule has 1 aromatic carbocycles. The van der Waals surface area contributed by atoms with Crippen LogP contribution in [0.2, 0.25) is 0 Å². The lowest BCUT2D eigenvalue weighted by Gasteiger charge is -2.20. The first-order valence-corrected chi connectivity index (χ1v) is 9.15.